The molecule has 0 aliphatic heterocycles. The van der Waals surface area contributed by atoms with E-state index in [1.165, 1.54) is 24.4 Å². The summed E-state index contributed by atoms with van der Waals surface area (Å²) < 4.78 is 26.1. The maximum Gasteiger partial charge on any atom is 0.354 e. The number of nitrogens with zero attached hydrogens (tertiary/aromatic N) is 2. The van der Waals surface area contributed by atoms with Crippen molar-refractivity contribution >= 4 is 5.97 Å². The van der Waals surface area contributed by atoms with Gasteiger partial charge in [-0.2, -0.15) is 0 Å². The molecule has 0 spiro atoms. The van der Waals surface area contributed by atoms with Gasteiger partial charge in [0, 0.05) is 38.1 Å². The Labute approximate surface area is 150 Å². The zero-order chi connectivity index (χ0) is 16.7. The van der Waals surface area contributed by atoms with Crippen molar-refractivity contribution in [2.75, 3.05) is 0 Å². The van der Waals surface area contributed by atoms with Gasteiger partial charge in [-0.25, -0.2) is 18.6 Å². The average Bonchev–Trinajstić information content (AvgIpc) is 2.59. The molecule has 2 aromatic heterocycles. The Hall–Kier alpha value is -2.50. The van der Waals surface area contributed by atoms with Gasteiger partial charge in [-0.3, -0.25) is 4.98 Å². The molecule has 4 nitrogen and oxygen atoms in total. The number of halogens is 2. The molecular weight excluding hydrogens is 494 g/mol. The number of hydrogen-bond donors (Lipinski definition) is 1. The van der Waals surface area contributed by atoms with Gasteiger partial charge in [-0.15, -0.1) is 0 Å². The Morgan fingerprint density at radius 3 is 2.04 bits per heavy atom. The molecule has 0 bridgehead atoms. The zero-order valence-electron chi connectivity index (χ0n) is 12.2. The Kier molecular flexibility index (Phi) is 7.82. The molecule has 3 aromatic rings. The maximum atomic E-state index is 13.3. The summed E-state index contributed by atoms with van der Waals surface area (Å²) in [5, 5.41) is 8.32. The van der Waals surface area contributed by atoms with Crippen LogP contribution in [-0.4, -0.2) is 21.0 Å². The third-order valence-electron chi connectivity index (χ3n) is 2.78. The molecular formula is C17H12F2IrN2O2. The van der Waals surface area contributed by atoms with Crippen LogP contribution in [0.2, 0.25) is 0 Å². The van der Waals surface area contributed by atoms with Crippen molar-refractivity contribution in [1.29, 1.82) is 0 Å². The minimum atomic E-state index is -0.990. The molecule has 0 saturated heterocycles. The Balaban J connectivity index is 0.000000252. The second-order valence-corrected chi connectivity index (χ2v) is 4.34. The molecule has 0 aliphatic rings. The topological polar surface area (TPSA) is 63.1 Å². The van der Waals surface area contributed by atoms with Crippen LogP contribution >= 0.6 is 0 Å². The van der Waals surface area contributed by atoms with E-state index in [1.807, 2.05) is 0 Å². The van der Waals surface area contributed by atoms with Crippen molar-refractivity contribution in [3.63, 3.8) is 0 Å². The summed E-state index contributed by atoms with van der Waals surface area (Å²) in [4.78, 5) is 17.7. The monoisotopic (exact) mass is 507 g/mol. The molecule has 0 unspecified atom stereocenters. The second kappa shape index (κ2) is 9.60. The van der Waals surface area contributed by atoms with Crippen LogP contribution in [0.1, 0.15) is 10.5 Å². The fraction of sp³-hybridized carbons (Fsp3) is 0. The van der Waals surface area contributed by atoms with Crippen molar-refractivity contribution in [1.82, 2.24) is 9.97 Å². The largest absolute Gasteiger partial charge is 0.477 e. The molecule has 3 rings (SSSR count). The fourth-order valence-corrected chi connectivity index (χ4v) is 1.71. The molecule has 0 saturated carbocycles. The first-order chi connectivity index (χ1) is 11.1. The Morgan fingerprint density at radius 2 is 1.54 bits per heavy atom. The van der Waals surface area contributed by atoms with Crippen LogP contribution in [0.25, 0.3) is 11.3 Å². The minimum absolute atomic E-state index is 0. The van der Waals surface area contributed by atoms with Gasteiger partial charge in [0.2, 0.25) is 0 Å². The number of carboxylic acid groups (broad SMARTS) is 1. The molecule has 0 fully saturated rings. The van der Waals surface area contributed by atoms with Gasteiger partial charge in [0.1, 0.15) is 5.69 Å². The molecule has 1 aromatic carbocycles. The first-order valence-corrected chi connectivity index (χ1v) is 6.59. The molecule has 24 heavy (non-hydrogen) atoms. The predicted molar refractivity (Wildman–Crippen MR) is 80.8 cm³/mol. The Bertz CT molecular complexity index is 787. The van der Waals surface area contributed by atoms with Crippen LogP contribution in [0, 0.1) is 11.6 Å². The van der Waals surface area contributed by atoms with E-state index in [9.17, 15) is 13.6 Å². The van der Waals surface area contributed by atoms with E-state index in [2.05, 4.69) is 9.97 Å². The van der Waals surface area contributed by atoms with Gasteiger partial charge in [0.25, 0.3) is 0 Å². The van der Waals surface area contributed by atoms with Gasteiger partial charge in [-0.1, -0.05) is 18.2 Å². The van der Waals surface area contributed by atoms with Crippen molar-refractivity contribution in [3.05, 3.63) is 84.3 Å². The molecule has 1 N–H and O–H groups in total. The normalized spacial score (nSPS) is 9.25. The molecule has 2 heterocycles. The SMILES string of the molecule is Fc1cccc(-c2ccccn2)c1F.O=C(O)c1ccccn1.[Ir]. The van der Waals surface area contributed by atoms with Gasteiger partial charge in [0.05, 0.1) is 5.69 Å². The van der Waals surface area contributed by atoms with E-state index in [0.29, 0.717) is 5.69 Å². The van der Waals surface area contributed by atoms with E-state index in [0.717, 1.165) is 6.07 Å². The van der Waals surface area contributed by atoms with E-state index < -0.39 is 17.6 Å². The van der Waals surface area contributed by atoms with Crippen molar-refractivity contribution < 1.29 is 38.8 Å². The van der Waals surface area contributed by atoms with Crippen molar-refractivity contribution in [2.24, 2.45) is 0 Å². The summed E-state index contributed by atoms with van der Waals surface area (Å²) in [7, 11) is 0. The smallest absolute Gasteiger partial charge is 0.354 e. The van der Waals surface area contributed by atoms with Crippen LogP contribution < -0.4 is 0 Å². The van der Waals surface area contributed by atoms with Crippen molar-refractivity contribution in [3.8, 4) is 11.3 Å². The van der Waals surface area contributed by atoms with Gasteiger partial charge >= 0.3 is 5.97 Å². The zero-order valence-corrected chi connectivity index (χ0v) is 14.6. The number of aromatic carboxylic acids is 1. The van der Waals surface area contributed by atoms with Crippen molar-refractivity contribution in [2.45, 2.75) is 0 Å². The molecule has 0 amide bonds. The second-order valence-electron chi connectivity index (χ2n) is 4.34. The van der Waals surface area contributed by atoms with E-state index >= 15 is 0 Å². The average molecular weight is 507 g/mol. The van der Waals surface area contributed by atoms with E-state index in [-0.39, 0.29) is 31.4 Å². The van der Waals surface area contributed by atoms with E-state index in [4.69, 9.17) is 5.11 Å². The first kappa shape index (κ1) is 19.5. The number of rotatable bonds is 2. The summed E-state index contributed by atoms with van der Waals surface area (Å²) in [6, 6.07) is 13.9. The number of carbonyl (C=O) groups is 1. The minimum Gasteiger partial charge on any atom is -0.477 e. The summed E-state index contributed by atoms with van der Waals surface area (Å²) >= 11 is 0. The van der Waals surface area contributed by atoms with Crippen LogP contribution in [0.4, 0.5) is 8.78 Å². The molecule has 1 radical (unpaired) electrons. The van der Waals surface area contributed by atoms with Crippen LogP contribution in [-0.2, 0) is 20.1 Å². The quantitative estimate of drug-likeness (QED) is 0.575. The summed E-state index contributed by atoms with van der Waals surface area (Å²) in [5.41, 5.74) is 0.701. The Morgan fingerprint density at radius 1 is 0.875 bits per heavy atom. The van der Waals surface area contributed by atoms with Gasteiger partial charge < -0.3 is 5.11 Å². The first-order valence-electron chi connectivity index (χ1n) is 6.59. The summed E-state index contributed by atoms with van der Waals surface area (Å²) in [5.74, 6) is -2.70. The standard InChI is InChI=1S/C11H7F2N.C6H5NO2.Ir/c12-9-5-3-4-8(11(9)13)10-6-1-2-7-14-10;8-6(9)5-3-1-2-4-7-5;/h1-7H;1-4H,(H,8,9);. The number of hydrogen-bond acceptors (Lipinski definition) is 3. The van der Waals surface area contributed by atoms with Crippen LogP contribution in [0.5, 0.6) is 0 Å². The third-order valence-corrected chi connectivity index (χ3v) is 2.78. The molecule has 7 heteroatoms. The summed E-state index contributed by atoms with van der Waals surface area (Å²) in [6.07, 6.45) is 2.99. The molecule has 0 atom stereocenters. The number of carboxylic acids is 1. The number of pyridine rings is 2. The van der Waals surface area contributed by atoms with Crippen LogP contribution in [0.15, 0.2) is 67.0 Å². The van der Waals surface area contributed by atoms with Crippen LogP contribution in [0.3, 0.4) is 0 Å². The fourth-order valence-electron chi connectivity index (χ4n) is 1.71. The number of benzene rings is 1. The molecule has 125 valence electrons. The third kappa shape index (κ3) is 5.30. The van der Waals surface area contributed by atoms with Gasteiger partial charge in [-0.05, 0) is 36.4 Å². The predicted octanol–water partition coefficient (Wildman–Crippen LogP) is 3.80. The van der Waals surface area contributed by atoms with E-state index in [1.54, 1.807) is 36.5 Å². The summed E-state index contributed by atoms with van der Waals surface area (Å²) in [6.45, 7) is 0. The van der Waals surface area contributed by atoms with Gasteiger partial charge in [0.15, 0.2) is 11.6 Å². The molecule has 0 aliphatic carbocycles. The number of aromatic nitrogens is 2. The maximum absolute atomic E-state index is 13.3.